The lowest BCUT2D eigenvalue weighted by atomic mass is 10.2. The number of likely N-dealkylation sites (tertiary alicyclic amines) is 1. The zero-order chi connectivity index (χ0) is 19.8. The van der Waals surface area contributed by atoms with E-state index >= 15 is 0 Å². The minimum atomic E-state index is -0.0248. The highest BCUT2D eigenvalue weighted by Gasteiger charge is 2.31. The minimum Gasteiger partial charge on any atom is -0.356 e. The summed E-state index contributed by atoms with van der Waals surface area (Å²) in [7, 11) is 0. The Labute approximate surface area is 176 Å². The monoisotopic (exact) mass is 427 g/mol. The van der Waals surface area contributed by atoms with Crippen LogP contribution in [-0.2, 0) is 0 Å². The van der Waals surface area contributed by atoms with Crippen molar-refractivity contribution in [2.45, 2.75) is 36.9 Å². The number of carbonyl (C=O) groups is 2. The van der Waals surface area contributed by atoms with Crippen LogP contribution in [0.3, 0.4) is 0 Å². The molecule has 0 radical (unpaired) electrons. The van der Waals surface area contributed by atoms with E-state index in [1.54, 1.807) is 23.6 Å². The van der Waals surface area contributed by atoms with E-state index in [0.717, 1.165) is 54.6 Å². The van der Waals surface area contributed by atoms with E-state index in [0.29, 0.717) is 17.3 Å². The maximum Gasteiger partial charge on any atom is 0.270 e. The van der Waals surface area contributed by atoms with Crippen LogP contribution in [-0.4, -0.2) is 55.2 Å². The van der Waals surface area contributed by atoms with Gasteiger partial charge in [-0.25, -0.2) is 0 Å². The van der Waals surface area contributed by atoms with E-state index in [1.807, 2.05) is 22.4 Å². The summed E-state index contributed by atoms with van der Waals surface area (Å²) >= 11 is 3.06. The van der Waals surface area contributed by atoms with Gasteiger partial charge in [0, 0.05) is 30.9 Å². The molecule has 1 saturated heterocycles. The van der Waals surface area contributed by atoms with Crippen LogP contribution in [0.5, 0.6) is 0 Å². The summed E-state index contributed by atoms with van der Waals surface area (Å²) in [6.07, 6.45) is 5.97. The third-order valence-electron chi connectivity index (χ3n) is 5.28. The van der Waals surface area contributed by atoms with Gasteiger partial charge in [0.1, 0.15) is 5.69 Å². The third kappa shape index (κ3) is 3.76. The molecule has 4 heterocycles. The lowest BCUT2D eigenvalue weighted by Crippen LogP contribution is -2.27. The van der Waals surface area contributed by atoms with Gasteiger partial charge in [0.25, 0.3) is 5.91 Å². The molecule has 0 atom stereocenters. The highest BCUT2D eigenvalue weighted by Crippen LogP contribution is 2.41. The number of thiophene rings is 1. The summed E-state index contributed by atoms with van der Waals surface area (Å²) in [4.78, 5) is 31.0. The van der Waals surface area contributed by atoms with Gasteiger partial charge >= 0.3 is 0 Å². The fourth-order valence-corrected chi connectivity index (χ4v) is 5.20. The Morgan fingerprint density at radius 1 is 1.24 bits per heavy atom. The summed E-state index contributed by atoms with van der Waals surface area (Å²) in [5, 5.41) is 11.5. The van der Waals surface area contributed by atoms with Gasteiger partial charge in [0.2, 0.25) is 0 Å². The van der Waals surface area contributed by atoms with Gasteiger partial charge in [-0.2, -0.15) is 0 Å². The van der Waals surface area contributed by atoms with Crippen molar-refractivity contribution in [3.63, 3.8) is 0 Å². The average Bonchev–Trinajstić information content (AvgIpc) is 3.28. The summed E-state index contributed by atoms with van der Waals surface area (Å²) < 4.78 is 2.17. The lowest BCUT2D eigenvalue weighted by molar-refractivity contribution is 0.0787. The van der Waals surface area contributed by atoms with Gasteiger partial charge in [0.05, 0.1) is 10.6 Å². The Balaban J connectivity index is 1.27. The first kappa shape index (κ1) is 18.6. The molecule has 1 aliphatic carbocycles. The molecule has 3 aromatic heterocycles. The molecule has 1 saturated carbocycles. The van der Waals surface area contributed by atoms with Crippen LogP contribution in [0, 0.1) is 0 Å². The van der Waals surface area contributed by atoms with Crippen molar-refractivity contribution < 1.29 is 9.59 Å². The van der Waals surface area contributed by atoms with Crippen molar-refractivity contribution in [2.24, 2.45) is 0 Å². The van der Waals surface area contributed by atoms with Crippen molar-refractivity contribution in [1.82, 2.24) is 24.6 Å². The molecular formula is C20H21N5O2S2. The van der Waals surface area contributed by atoms with Crippen LogP contribution in [0.25, 0.3) is 10.7 Å². The molecule has 1 amide bonds. The fraction of sp³-hybridized carbons (Fsp3) is 0.400. The predicted molar refractivity (Wildman–Crippen MR) is 113 cm³/mol. The number of aromatic nitrogens is 4. The van der Waals surface area contributed by atoms with Crippen molar-refractivity contribution in [1.29, 1.82) is 0 Å². The Morgan fingerprint density at radius 2 is 2.07 bits per heavy atom. The fourth-order valence-electron chi connectivity index (χ4n) is 3.59. The standard InChI is InChI=1S/C20H21N5O2S2/c26-16(13-10-15(21-11-13)19(27)24-7-1-2-8-24)12-29-20-23-22-18(17-4-3-9-28-17)25(20)14-5-6-14/h3-4,9-11,14,21H,1-2,5-8,12H2. The van der Waals surface area contributed by atoms with Crippen molar-refractivity contribution in [3.05, 3.63) is 41.0 Å². The topological polar surface area (TPSA) is 83.9 Å². The molecule has 0 bridgehead atoms. The summed E-state index contributed by atoms with van der Waals surface area (Å²) in [5.74, 6) is 1.11. The number of H-pyrrole nitrogens is 1. The molecule has 0 aromatic carbocycles. The number of carbonyl (C=O) groups excluding carboxylic acids is 2. The largest absolute Gasteiger partial charge is 0.356 e. The number of amides is 1. The second-order valence-corrected chi connectivity index (χ2v) is 9.29. The van der Waals surface area contributed by atoms with E-state index in [4.69, 9.17) is 0 Å². The molecule has 0 spiro atoms. The third-order valence-corrected chi connectivity index (χ3v) is 7.09. The van der Waals surface area contributed by atoms with Gasteiger partial charge in [-0.15, -0.1) is 21.5 Å². The second-order valence-electron chi connectivity index (χ2n) is 7.40. The lowest BCUT2D eigenvalue weighted by Gasteiger charge is -2.13. The number of nitrogens with zero attached hydrogens (tertiary/aromatic N) is 4. The number of rotatable bonds is 7. The predicted octanol–water partition coefficient (Wildman–Crippen LogP) is 3.88. The van der Waals surface area contributed by atoms with Crippen LogP contribution >= 0.6 is 23.1 Å². The van der Waals surface area contributed by atoms with E-state index in [2.05, 4.69) is 19.7 Å². The molecular weight excluding hydrogens is 406 g/mol. The van der Waals surface area contributed by atoms with Gasteiger partial charge in [-0.1, -0.05) is 17.8 Å². The first-order valence-corrected chi connectivity index (χ1v) is 11.7. The van der Waals surface area contributed by atoms with Crippen LogP contribution in [0.4, 0.5) is 0 Å². The molecule has 3 aromatic rings. The van der Waals surface area contributed by atoms with Crippen molar-refractivity contribution in [2.75, 3.05) is 18.8 Å². The maximum absolute atomic E-state index is 12.7. The van der Waals surface area contributed by atoms with Crippen LogP contribution in [0.1, 0.15) is 52.6 Å². The molecule has 1 N–H and O–H groups in total. The van der Waals surface area contributed by atoms with E-state index in [9.17, 15) is 9.59 Å². The molecule has 7 nitrogen and oxygen atoms in total. The molecule has 1 aliphatic heterocycles. The maximum atomic E-state index is 12.7. The number of Topliss-reactive ketones (excluding diaryl/α,β-unsaturated/α-hetero) is 1. The van der Waals surface area contributed by atoms with Crippen LogP contribution in [0.2, 0.25) is 0 Å². The minimum absolute atomic E-state index is 0.0188. The molecule has 0 unspecified atom stereocenters. The molecule has 9 heteroatoms. The smallest absolute Gasteiger partial charge is 0.270 e. The number of ketones is 1. The Bertz CT molecular complexity index is 1030. The van der Waals surface area contributed by atoms with E-state index < -0.39 is 0 Å². The molecule has 5 rings (SSSR count). The first-order chi connectivity index (χ1) is 14.2. The van der Waals surface area contributed by atoms with Crippen LogP contribution < -0.4 is 0 Å². The summed E-state index contributed by atoms with van der Waals surface area (Å²) in [6, 6.07) is 6.16. The number of thioether (sulfide) groups is 1. The van der Waals surface area contributed by atoms with Gasteiger partial charge < -0.3 is 9.88 Å². The summed E-state index contributed by atoms with van der Waals surface area (Å²) in [5.41, 5.74) is 1.03. The Morgan fingerprint density at radius 3 is 2.79 bits per heavy atom. The normalized spacial score (nSPS) is 16.5. The van der Waals surface area contributed by atoms with Crippen molar-refractivity contribution >= 4 is 34.8 Å². The SMILES string of the molecule is O=C(CSc1nnc(-c2cccs2)n1C1CC1)c1c[nH]c(C(=O)N2CCCC2)c1. The number of nitrogens with one attached hydrogen (secondary N) is 1. The molecule has 2 fully saturated rings. The number of hydrogen-bond donors (Lipinski definition) is 1. The number of aromatic amines is 1. The summed E-state index contributed by atoms with van der Waals surface area (Å²) in [6.45, 7) is 1.58. The highest BCUT2D eigenvalue weighted by molar-refractivity contribution is 7.99. The molecule has 150 valence electrons. The zero-order valence-electron chi connectivity index (χ0n) is 15.8. The number of hydrogen-bond acceptors (Lipinski definition) is 6. The Kier molecular flexibility index (Phi) is 5.01. The second kappa shape index (κ2) is 7.79. The Hall–Kier alpha value is -2.39. The van der Waals surface area contributed by atoms with E-state index in [-0.39, 0.29) is 17.4 Å². The zero-order valence-corrected chi connectivity index (χ0v) is 17.5. The van der Waals surface area contributed by atoms with Crippen molar-refractivity contribution in [3.8, 4) is 10.7 Å². The molecule has 29 heavy (non-hydrogen) atoms. The first-order valence-electron chi connectivity index (χ1n) is 9.83. The average molecular weight is 428 g/mol. The highest BCUT2D eigenvalue weighted by atomic mass is 32.2. The van der Waals surface area contributed by atoms with Gasteiger partial charge in [0.15, 0.2) is 16.8 Å². The molecule has 2 aliphatic rings. The van der Waals surface area contributed by atoms with Gasteiger partial charge in [-0.05, 0) is 43.2 Å². The van der Waals surface area contributed by atoms with Crippen LogP contribution in [0.15, 0.2) is 34.9 Å². The van der Waals surface area contributed by atoms with Gasteiger partial charge in [-0.3, -0.25) is 14.2 Å². The quantitative estimate of drug-likeness (QED) is 0.457. The van der Waals surface area contributed by atoms with E-state index in [1.165, 1.54) is 11.8 Å².